The maximum atomic E-state index is 5.58. The van der Waals surface area contributed by atoms with Crippen molar-refractivity contribution in [3.8, 4) is 0 Å². The largest absolute Gasteiger partial charge is 0.375 e. The van der Waals surface area contributed by atoms with Crippen molar-refractivity contribution in [2.75, 3.05) is 11.9 Å². The Morgan fingerprint density at radius 1 is 1.56 bits per heavy atom. The van der Waals surface area contributed by atoms with Crippen molar-refractivity contribution in [1.82, 2.24) is 0 Å². The summed E-state index contributed by atoms with van der Waals surface area (Å²) in [7, 11) is 0. The van der Waals surface area contributed by atoms with Crippen LogP contribution in [-0.4, -0.2) is 17.5 Å². The van der Waals surface area contributed by atoms with Gasteiger partial charge in [0.15, 0.2) is 0 Å². The van der Waals surface area contributed by atoms with E-state index >= 15 is 0 Å². The van der Waals surface area contributed by atoms with Crippen molar-refractivity contribution in [3.05, 3.63) is 0 Å². The molecule has 3 aliphatic rings. The molecule has 0 atom stereocenters. The molecule has 1 nitrogen and oxygen atoms in total. The monoisotopic (exact) mass is 190 g/mol. The van der Waals surface area contributed by atoms with Crippen molar-refractivity contribution in [2.24, 2.45) is 5.41 Å². The Labute approximate surface area is 63.9 Å². The minimum Gasteiger partial charge on any atom is -0.375 e. The molecule has 2 saturated heterocycles. The predicted molar refractivity (Wildman–Crippen MR) is 39.8 cm³/mol. The number of rotatable bonds is 1. The molecule has 0 N–H and O–H groups in total. The van der Waals surface area contributed by atoms with Crippen molar-refractivity contribution < 1.29 is 4.74 Å². The molecule has 0 unspecified atom stereocenters. The highest BCUT2D eigenvalue weighted by Gasteiger charge is 2.58. The smallest absolute Gasteiger partial charge is 0.0667 e. The van der Waals surface area contributed by atoms with E-state index in [-0.39, 0.29) is 5.60 Å². The normalized spacial score (nSPS) is 55.3. The van der Waals surface area contributed by atoms with E-state index < -0.39 is 0 Å². The van der Waals surface area contributed by atoms with Gasteiger partial charge in [0, 0.05) is 10.7 Å². The Balaban J connectivity index is 2.12. The lowest BCUT2D eigenvalue weighted by Gasteiger charge is -2.41. The number of halogens is 1. The fourth-order valence-corrected chi connectivity index (χ4v) is 2.76. The molecule has 9 heavy (non-hydrogen) atoms. The highest BCUT2D eigenvalue weighted by Crippen LogP contribution is 2.58. The zero-order valence-corrected chi connectivity index (χ0v) is 7.20. The van der Waals surface area contributed by atoms with Gasteiger partial charge in [0.2, 0.25) is 0 Å². The number of ether oxygens (including phenoxy) is 1. The third-order valence-electron chi connectivity index (χ3n) is 2.51. The summed E-state index contributed by atoms with van der Waals surface area (Å²) in [4.78, 5) is 0. The summed E-state index contributed by atoms with van der Waals surface area (Å²) in [5.74, 6) is 0. The summed E-state index contributed by atoms with van der Waals surface area (Å²) in [5.41, 5.74) is 0.808. The molecule has 1 aliphatic carbocycles. The fourth-order valence-electron chi connectivity index (χ4n) is 2.20. The maximum absolute atomic E-state index is 5.58. The van der Waals surface area contributed by atoms with Gasteiger partial charge < -0.3 is 4.74 Å². The van der Waals surface area contributed by atoms with Crippen LogP contribution in [0.5, 0.6) is 0 Å². The van der Waals surface area contributed by atoms with E-state index in [2.05, 4.69) is 22.9 Å². The lowest BCUT2D eigenvalue weighted by atomic mass is 9.65. The van der Waals surface area contributed by atoms with Gasteiger partial charge in [0.05, 0.1) is 12.2 Å². The molecule has 3 fully saturated rings. The topological polar surface area (TPSA) is 9.23 Å². The van der Waals surface area contributed by atoms with Gasteiger partial charge in [-0.05, 0) is 19.8 Å². The maximum Gasteiger partial charge on any atom is 0.0667 e. The quantitative estimate of drug-likeness (QED) is 0.575. The SMILES string of the molecule is CC12CC(CBr)(CO1)C2. The summed E-state index contributed by atoms with van der Waals surface area (Å²) in [5, 5.41) is 1.12. The standard InChI is InChI=1S/C7H11BrO/c1-6-2-7(3-6,4-8)5-9-6/h2-5H2,1H3. The number of fused-ring (bicyclic) bond motifs is 1. The second-order valence-corrected chi connectivity index (χ2v) is 4.29. The lowest BCUT2D eigenvalue weighted by molar-refractivity contribution is 0.00817. The molecule has 2 aliphatic heterocycles. The van der Waals surface area contributed by atoms with Crippen LogP contribution in [0.25, 0.3) is 0 Å². The Morgan fingerprint density at radius 2 is 2.22 bits per heavy atom. The Kier molecular flexibility index (Phi) is 1.05. The number of alkyl halides is 1. The van der Waals surface area contributed by atoms with Gasteiger partial charge in [0.1, 0.15) is 0 Å². The van der Waals surface area contributed by atoms with Crippen LogP contribution in [0.3, 0.4) is 0 Å². The summed E-state index contributed by atoms with van der Waals surface area (Å²) in [6, 6.07) is 0. The van der Waals surface area contributed by atoms with Gasteiger partial charge in [-0.2, -0.15) is 0 Å². The molecular formula is C7H11BrO. The first-order valence-corrected chi connectivity index (χ1v) is 4.50. The molecule has 0 spiro atoms. The average molecular weight is 191 g/mol. The van der Waals surface area contributed by atoms with Crippen LogP contribution >= 0.6 is 15.9 Å². The zero-order chi connectivity index (χ0) is 6.54. The second kappa shape index (κ2) is 1.54. The molecule has 2 heteroatoms. The van der Waals surface area contributed by atoms with Crippen molar-refractivity contribution in [2.45, 2.75) is 25.4 Å². The minimum absolute atomic E-state index is 0.272. The molecule has 0 radical (unpaired) electrons. The highest BCUT2D eigenvalue weighted by atomic mass is 79.9. The van der Waals surface area contributed by atoms with E-state index in [1.807, 2.05) is 0 Å². The van der Waals surface area contributed by atoms with E-state index in [0.29, 0.717) is 5.41 Å². The summed E-state index contributed by atoms with van der Waals surface area (Å²) >= 11 is 3.51. The van der Waals surface area contributed by atoms with Crippen molar-refractivity contribution >= 4 is 15.9 Å². The molecule has 3 rings (SSSR count). The van der Waals surface area contributed by atoms with Crippen LogP contribution in [0.4, 0.5) is 0 Å². The minimum atomic E-state index is 0.272. The zero-order valence-electron chi connectivity index (χ0n) is 5.61. The van der Waals surface area contributed by atoms with Crippen molar-refractivity contribution in [1.29, 1.82) is 0 Å². The van der Waals surface area contributed by atoms with Gasteiger partial charge in [-0.15, -0.1) is 0 Å². The molecule has 2 heterocycles. The number of hydrogen-bond donors (Lipinski definition) is 0. The van der Waals surface area contributed by atoms with Crippen LogP contribution in [0.2, 0.25) is 0 Å². The van der Waals surface area contributed by atoms with Crippen LogP contribution in [-0.2, 0) is 4.74 Å². The van der Waals surface area contributed by atoms with Gasteiger partial charge in [-0.1, -0.05) is 15.9 Å². The van der Waals surface area contributed by atoms with Crippen molar-refractivity contribution in [3.63, 3.8) is 0 Å². The third-order valence-corrected chi connectivity index (χ3v) is 3.70. The Bertz CT molecular complexity index is 138. The van der Waals surface area contributed by atoms with Crippen LogP contribution < -0.4 is 0 Å². The molecule has 0 amide bonds. The molecule has 2 bridgehead atoms. The summed E-state index contributed by atoms with van der Waals surface area (Å²) in [6.45, 7) is 3.19. The molecular weight excluding hydrogens is 180 g/mol. The fraction of sp³-hybridized carbons (Fsp3) is 1.00. The van der Waals surface area contributed by atoms with Crippen LogP contribution in [0.1, 0.15) is 19.8 Å². The molecule has 0 aromatic heterocycles. The third kappa shape index (κ3) is 0.695. The van der Waals surface area contributed by atoms with E-state index in [4.69, 9.17) is 4.74 Å². The Morgan fingerprint density at radius 3 is 2.44 bits per heavy atom. The van der Waals surface area contributed by atoms with E-state index in [1.165, 1.54) is 12.8 Å². The Hall–Kier alpha value is 0.440. The predicted octanol–water partition coefficient (Wildman–Crippen LogP) is 1.95. The molecule has 1 saturated carbocycles. The molecule has 0 aromatic carbocycles. The van der Waals surface area contributed by atoms with Gasteiger partial charge >= 0.3 is 0 Å². The summed E-state index contributed by atoms with van der Waals surface area (Å²) in [6.07, 6.45) is 2.54. The first kappa shape index (κ1) is 6.17. The van der Waals surface area contributed by atoms with Gasteiger partial charge in [-0.25, -0.2) is 0 Å². The second-order valence-electron chi connectivity index (χ2n) is 3.73. The van der Waals surface area contributed by atoms with E-state index in [0.717, 1.165) is 11.9 Å². The van der Waals surface area contributed by atoms with E-state index in [9.17, 15) is 0 Å². The first-order chi connectivity index (χ1) is 4.18. The van der Waals surface area contributed by atoms with E-state index in [1.54, 1.807) is 0 Å². The average Bonchev–Trinajstić information content (AvgIpc) is 2.20. The summed E-state index contributed by atoms with van der Waals surface area (Å²) < 4.78 is 5.58. The first-order valence-electron chi connectivity index (χ1n) is 3.38. The van der Waals surface area contributed by atoms with Crippen LogP contribution in [0, 0.1) is 5.41 Å². The number of hydrogen-bond acceptors (Lipinski definition) is 1. The lowest BCUT2D eigenvalue weighted by Crippen LogP contribution is -2.42. The van der Waals surface area contributed by atoms with Gasteiger partial charge in [-0.3, -0.25) is 0 Å². The van der Waals surface area contributed by atoms with Crippen LogP contribution in [0.15, 0.2) is 0 Å². The molecule has 0 aromatic rings. The molecule has 52 valence electrons. The highest BCUT2D eigenvalue weighted by molar-refractivity contribution is 9.09. The van der Waals surface area contributed by atoms with Gasteiger partial charge in [0.25, 0.3) is 0 Å².